The SMILES string of the molecule is COc1ccc2nc(-c3cccnc3)nc(Nc3nc4cc(C(C)=O)ccc4s3)c2c1. The highest BCUT2D eigenvalue weighted by Gasteiger charge is 2.14. The zero-order valence-electron chi connectivity index (χ0n) is 16.8. The summed E-state index contributed by atoms with van der Waals surface area (Å²) in [4.78, 5) is 30.0. The third-order valence-electron chi connectivity index (χ3n) is 4.84. The molecule has 0 saturated carbocycles. The van der Waals surface area contributed by atoms with E-state index in [9.17, 15) is 4.79 Å². The van der Waals surface area contributed by atoms with Gasteiger partial charge in [0.25, 0.3) is 0 Å². The second-order valence-electron chi connectivity index (χ2n) is 6.90. The fraction of sp³-hybridized carbons (Fsp3) is 0.0870. The Bertz CT molecular complexity index is 1430. The summed E-state index contributed by atoms with van der Waals surface area (Å²) in [5.74, 6) is 1.91. The molecular formula is C23H17N5O2S. The van der Waals surface area contributed by atoms with Crippen molar-refractivity contribution in [2.24, 2.45) is 0 Å². The van der Waals surface area contributed by atoms with E-state index in [0.29, 0.717) is 28.1 Å². The zero-order chi connectivity index (χ0) is 21.4. The fourth-order valence-electron chi connectivity index (χ4n) is 3.26. The summed E-state index contributed by atoms with van der Waals surface area (Å²) in [6, 6.07) is 15.0. The third kappa shape index (κ3) is 3.69. The highest BCUT2D eigenvalue weighted by molar-refractivity contribution is 7.22. The van der Waals surface area contributed by atoms with E-state index in [1.807, 2.05) is 48.5 Å². The topological polar surface area (TPSA) is 89.9 Å². The van der Waals surface area contributed by atoms with Crippen LogP contribution in [-0.4, -0.2) is 32.8 Å². The number of ether oxygens (including phenoxy) is 1. The molecule has 152 valence electrons. The predicted octanol–water partition coefficient (Wildman–Crippen LogP) is 5.26. The summed E-state index contributed by atoms with van der Waals surface area (Å²) in [7, 11) is 1.62. The second-order valence-corrected chi connectivity index (χ2v) is 7.93. The van der Waals surface area contributed by atoms with E-state index in [-0.39, 0.29) is 5.78 Å². The van der Waals surface area contributed by atoms with Crippen LogP contribution in [0.5, 0.6) is 5.75 Å². The van der Waals surface area contributed by atoms with Gasteiger partial charge in [-0.15, -0.1) is 0 Å². The largest absolute Gasteiger partial charge is 0.497 e. The Hall–Kier alpha value is -3.91. The number of benzene rings is 2. The minimum absolute atomic E-state index is 0.0133. The average Bonchev–Trinajstić information content (AvgIpc) is 3.20. The van der Waals surface area contributed by atoms with Crippen molar-refractivity contribution in [2.75, 3.05) is 12.4 Å². The molecule has 7 nitrogen and oxygen atoms in total. The molecule has 0 aliphatic rings. The molecule has 0 atom stereocenters. The number of Topliss-reactive ketones (excluding diaryl/α,β-unsaturated/α-hetero) is 1. The van der Waals surface area contributed by atoms with Gasteiger partial charge in [-0.2, -0.15) is 0 Å². The van der Waals surface area contributed by atoms with Gasteiger partial charge >= 0.3 is 0 Å². The number of hydrogen-bond donors (Lipinski definition) is 1. The van der Waals surface area contributed by atoms with Crippen molar-refractivity contribution >= 4 is 49.2 Å². The quantitative estimate of drug-likeness (QED) is 0.383. The number of carbonyl (C=O) groups is 1. The molecule has 5 aromatic rings. The number of pyridine rings is 1. The molecule has 0 fully saturated rings. The van der Waals surface area contributed by atoms with Gasteiger partial charge in [0, 0.05) is 28.9 Å². The Labute approximate surface area is 181 Å². The van der Waals surface area contributed by atoms with Crippen LogP contribution in [0.4, 0.5) is 10.9 Å². The summed E-state index contributed by atoms with van der Waals surface area (Å²) < 4.78 is 6.37. The van der Waals surface area contributed by atoms with Crippen molar-refractivity contribution < 1.29 is 9.53 Å². The first-order valence-corrected chi connectivity index (χ1v) is 10.4. The lowest BCUT2D eigenvalue weighted by Gasteiger charge is -2.10. The maximum atomic E-state index is 11.7. The molecule has 3 heterocycles. The Morgan fingerprint density at radius 1 is 1.03 bits per heavy atom. The highest BCUT2D eigenvalue weighted by atomic mass is 32.1. The van der Waals surface area contributed by atoms with Crippen LogP contribution in [-0.2, 0) is 0 Å². The van der Waals surface area contributed by atoms with Crippen molar-refractivity contribution in [3.63, 3.8) is 0 Å². The maximum Gasteiger partial charge on any atom is 0.189 e. The Kier molecular flexibility index (Phi) is 4.76. The normalized spacial score (nSPS) is 11.0. The molecule has 0 spiro atoms. The van der Waals surface area contributed by atoms with Crippen molar-refractivity contribution in [1.82, 2.24) is 19.9 Å². The number of nitrogens with one attached hydrogen (secondary N) is 1. The number of carbonyl (C=O) groups excluding carboxylic acids is 1. The molecule has 0 amide bonds. The van der Waals surface area contributed by atoms with E-state index >= 15 is 0 Å². The summed E-state index contributed by atoms with van der Waals surface area (Å²) >= 11 is 1.50. The lowest BCUT2D eigenvalue weighted by atomic mass is 10.1. The number of hydrogen-bond acceptors (Lipinski definition) is 8. The standard InChI is InChI=1S/C23H17N5O2S/c1-13(29)14-5-8-20-19(10-14)26-23(31-20)28-22-17-11-16(30-2)6-7-18(17)25-21(27-22)15-4-3-9-24-12-15/h3-12H,1-2H3,(H,25,26,27,28). The van der Waals surface area contributed by atoms with Gasteiger partial charge in [-0.1, -0.05) is 11.3 Å². The molecule has 0 radical (unpaired) electrons. The van der Waals surface area contributed by atoms with Gasteiger partial charge in [0.1, 0.15) is 11.6 Å². The second kappa shape index (κ2) is 7.73. The average molecular weight is 427 g/mol. The Balaban J connectivity index is 1.63. The van der Waals surface area contributed by atoms with Gasteiger partial charge < -0.3 is 10.1 Å². The third-order valence-corrected chi connectivity index (χ3v) is 5.79. The number of anilines is 2. The van der Waals surface area contributed by atoms with Crippen LogP contribution < -0.4 is 10.1 Å². The minimum Gasteiger partial charge on any atom is -0.497 e. The molecule has 3 aromatic heterocycles. The van der Waals surface area contributed by atoms with Gasteiger partial charge in [-0.25, -0.2) is 15.0 Å². The summed E-state index contributed by atoms with van der Waals surface area (Å²) in [6.07, 6.45) is 3.44. The van der Waals surface area contributed by atoms with Crippen LogP contribution in [0.25, 0.3) is 32.5 Å². The van der Waals surface area contributed by atoms with Crippen LogP contribution >= 0.6 is 11.3 Å². The fourth-order valence-corrected chi connectivity index (χ4v) is 4.10. The summed E-state index contributed by atoms with van der Waals surface area (Å²) in [6.45, 7) is 1.55. The van der Waals surface area contributed by atoms with Gasteiger partial charge in [0.15, 0.2) is 16.7 Å². The first-order chi connectivity index (χ1) is 15.1. The molecule has 1 N–H and O–H groups in total. The van der Waals surface area contributed by atoms with Gasteiger partial charge in [0.05, 0.1) is 22.8 Å². The van der Waals surface area contributed by atoms with E-state index in [1.54, 1.807) is 26.4 Å². The Morgan fingerprint density at radius 3 is 2.71 bits per heavy atom. The number of fused-ring (bicyclic) bond motifs is 2. The van der Waals surface area contributed by atoms with Crippen LogP contribution in [0, 0.1) is 0 Å². The molecule has 0 aliphatic carbocycles. The molecule has 2 aromatic carbocycles. The lowest BCUT2D eigenvalue weighted by molar-refractivity contribution is 0.101. The van der Waals surface area contributed by atoms with E-state index in [2.05, 4.69) is 15.3 Å². The van der Waals surface area contributed by atoms with E-state index in [0.717, 1.165) is 26.7 Å². The summed E-state index contributed by atoms with van der Waals surface area (Å²) in [5, 5.41) is 4.83. The van der Waals surface area contributed by atoms with E-state index < -0.39 is 0 Å². The lowest BCUT2D eigenvalue weighted by Crippen LogP contribution is -1.99. The number of ketones is 1. The number of rotatable bonds is 5. The molecule has 0 aliphatic heterocycles. The molecule has 0 unspecified atom stereocenters. The van der Waals surface area contributed by atoms with E-state index in [1.165, 1.54) is 11.3 Å². The smallest absolute Gasteiger partial charge is 0.189 e. The number of thiazole rings is 1. The molecule has 8 heteroatoms. The number of nitrogens with zero attached hydrogens (tertiary/aromatic N) is 4. The molecule has 31 heavy (non-hydrogen) atoms. The van der Waals surface area contributed by atoms with Crippen molar-refractivity contribution in [1.29, 1.82) is 0 Å². The van der Waals surface area contributed by atoms with Gasteiger partial charge in [-0.3, -0.25) is 9.78 Å². The van der Waals surface area contributed by atoms with Gasteiger partial charge in [-0.05, 0) is 55.5 Å². The van der Waals surface area contributed by atoms with Crippen LogP contribution in [0.15, 0.2) is 60.9 Å². The molecular weight excluding hydrogens is 410 g/mol. The maximum absolute atomic E-state index is 11.7. The van der Waals surface area contributed by atoms with Gasteiger partial charge in [0.2, 0.25) is 0 Å². The molecule has 0 bridgehead atoms. The minimum atomic E-state index is 0.0133. The van der Waals surface area contributed by atoms with Crippen molar-refractivity contribution in [3.05, 3.63) is 66.5 Å². The molecule has 5 rings (SSSR count). The number of aromatic nitrogens is 4. The summed E-state index contributed by atoms with van der Waals surface area (Å²) in [5.41, 5.74) is 3.00. The molecule has 0 saturated heterocycles. The van der Waals surface area contributed by atoms with Crippen LogP contribution in [0.3, 0.4) is 0 Å². The van der Waals surface area contributed by atoms with Crippen molar-refractivity contribution in [2.45, 2.75) is 6.92 Å². The predicted molar refractivity (Wildman–Crippen MR) is 122 cm³/mol. The first kappa shape index (κ1) is 19.1. The van der Waals surface area contributed by atoms with E-state index in [4.69, 9.17) is 14.7 Å². The zero-order valence-corrected chi connectivity index (χ0v) is 17.6. The van der Waals surface area contributed by atoms with Crippen LogP contribution in [0.1, 0.15) is 17.3 Å². The van der Waals surface area contributed by atoms with Crippen LogP contribution in [0.2, 0.25) is 0 Å². The monoisotopic (exact) mass is 427 g/mol. The highest BCUT2D eigenvalue weighted by Crippen LogP contribution is 2.33. The van der Waals surface area contributed by atoms with Crippen molar-refractivity contribution in [3.8, 4) is 17.1 Å². The first-order valence-electron chi connectivity index (χ1n) is 9.55. The Morgan fingerprint density at radius 2 is 1.94 bits per heavy atom. The number of methoxy groups -OCH3 is 1.